The first-order chi connectivity index (χ1) is 5.70. The zero-order chi connectivity index (χ0) is 9.14. The Balaban J connectivity index is 3.48. The van der Waals surface area contributed by atoms with Gasteiger partial charge in [-0.3, -0.25) is 0 Å². The monoisotopic (exact) mass is 370 g/mol. The van der Waals surface area contributed by atoms with Crippen LogP contribution in [0, 0.1) is 18.3 Å². The molecular weight excluding hydrogens is 364 g/mol. The maximum atomic E-state index is 11.4. The minimum atomic E-state index is -1.77. The summed E-state index contributed by atoms with van der Waals surface area (Å²) in [6.45, 7) is 1.82. The average molecular weight is 369 g/mol. The number of pyridine rings is 1. The Morgan fingerprint density at radius 2 is 2.33 bits per heavy atom. The van der Waals surface area contributed by atoms with E-state index in [1.807, 2.05) is 13.0 Å². The van der Waals surface area contributed by atoms with Gasteiger partial charge in [0.05, 0.1) is 0 Å². The summed E-state index contributed by atoms with van der Waals surface area (Å²) in [7, 11) is 5.74. The zero-order valence-corrected chi connectivity index (χ0v) is 12.8. The van der Waals surface area contributed by atoms with Gasteiger partial charge in [0, 0.05) is 0 Å². The van der Waals surface area contributed by atoms with Crippen molar-refractivity contribution >= 4 is 8.25 Å². The number of aromatic nitrogens is 1. The SMILES string of the molecule is Cc1ccc(C#N)c(=O)[n]1[Hg][Cl]. The third-order valence-corrected chi connectivity index (χ3v) is 7.72. The van der Waals surface area contributed by atoms with Crippen LogP contribution in [0.3, 0.4) is 0 Å². The summed E-state index contributed by atoms with van der Waals surface area (Å²) in [5, 5.41) is 8.55. The van der Waals surface area contributed by atoms with Gasteiger partial charge in [-0.25, -0.2) is 0 Å². The quantitative estimate of drug-likeness (QED) is 0.695. The van der Waals surface area contributed by atoms with Crippen molar-refractivity contribution in [2.75, 3.05) is 0 Å². The molecule has 0 fully saturated rings. The maximum absolute atomic E-state index is 11.4. The second-order valence-electron chi connectivity index (χ2n) is 2.35. The molecule has 12 heavy (non-hydrogen) atoms. The normalized spacial score (nSPS) is 8.75. The molecular formula is C7H5ClHgN2O. The van der Waals surface area contributed by atoms with Crippen LogP contribution in [0.15, 0.2) is 16.9 Å². The second kappa shape index (κ2) is 4.06. The predicted octanol–water partition coefficient (Wildman–Crippen LogP) is 1.03. The van der Waals surface area contributed by atoms with Crippen molar-refractivity contribution in [1.29, 1.82) is 5.26 Å². The van der Waals surface area contributed by atoms with E-state index in [-0.39, 0.29) is 11.1 Å². The van der Waals surface area contributed by atoms with Crippen LogP contribution in [0.1, 0.15) is 11.3 Å². The molecule has 0 spiro atoms. The van der Waals surface area contributed by atoms with Crippen LogP contribution in [0.2, 0.25) is 0 Å². The standard InChI is InChI=1S/C7H6N2O.ClH.Hg/c1-5-2-3-6(4-8)7(10)9-5;;/h2-3H,1H3,(H,9,10);1H;/q;;+2/p-2. The Labute approximate surface area is 85.9 Å². The summed E-state index contributed by atoms with van der Waals surface area (Å²) in [4.78, 5) is 11.4. The van der Waals surface area contributed by atoms with E-state index >= 15 is 0 Å². The molecule has 3 nitrogen and oxygen atoms in total. The van der Waals surface area contributed by atoms with Gasteiger partial charge < -0.3 is 0 Å². The molecule has 0 atom stereocenters. The van der Waals surface area contributed by atoms with E-state index in [1.54, 1.807) is 8.40 Å². The average Bonchev–Trinajstić information content (AvgIpc) is 2.06. The minimum absolute atomic E-state index is 0.182. The summed E-state index contributed by atoms with van der Waals surface area (Å²) in [5.41, 5.74) is 0.811. The van der Waals surface area contributed by atoms with E-state index in [0.717, 1.165) is 5.69 Å². The molecule has 58 valence electrons. The Hall–Kier alpha value is -0.335. The molecule has 0 amide bonds. The van der Waals surface area contributed by atoms with E-state index in [2.05, 4.69) is 0 Å². The van der Waals surface area contributed by atoms with Gasteiger partial charge in [-0.1, -0.05) is 0 Å². The van der Waals surface area contributed by atoms with Crippen molar-refractivity contribution in [3.63, 3.8) is 0 Å². The molecule has 0 bridgehead atoms. The van der Waals surface area contributed by atoms with Crippen LogP contribution >= 0.6 is 8.25 Å². The fourth-order valence-electron chi connectivity index (χ4n) is 0.904. The molecule has 0 radical (unpaired) electrons. The predicted molar refractivity (Wildman–Crippen MR) is 41.4 cm³/mol. The van der Waals surface area contributed by atoms with Gasteiger partial charge in [-0.15, -0.1) is 0 Å². The van der Waals surface area contributed by atoms with Crippen molar-refractivity contribution in [2.45, 2.75) is 6.92 Å². The first-order valence-electron chi connectivity index (χ1n) is 3.37. The number of hydrogen-bond donors (Lipinski definition) is 0. The number of rotatable bonds is 1. The van der Waals surface area contributed by atoms with Crippen molar-refractivity contribution in [3.05, 3.63) is 33.7 Å². The van der Waals surface area contributed by atoms with Crippen molar-refractivity contribution in [3.8, 4) is 6.07 Å². The van der Waals surface area contributed by atoms with Crippen molar-refractivity contribution in [2.24, 2.45) is 0 Å². The van der Waals surface area contributed by atoms with Gasteiger partial charge in [0.1, 0.15) is 0 Å². The molecule has 1 aromatic heterocycles. The zero-order valence-electron chi connectivity index (χ0n) is 6.54. The molecule has 0 aromatic carbocycles. The third kappa shape index (κ3) is 1.70. The van der Waals surface area contributed by atoms with Crippen molar-refractivity contribution < 1.29 is 23.6 Å². The topological polar surface area (TPSA) is 45.8 Å². The van der Waals surface area contributed by atoms with Gasteiger partial charge in [0.15, 0.2) is 0 Å². The van der Waals surface area contributed by atoms with E-state index in [0.29, 0.717) is 0 Å². The van der Waals surface area contributed by atoms with Gasteiger partial charge in [-0.2, -0.15) is 0 Å². The molecule has 0 aliphatic heterocycles. The summed E-state index contributed by atoms with van der Waals surface area (Å²) in [6, 6.07) is 5.13. The number of nitrogens with zero attached hydrogens (tertiary/aromatic N) is 2. The van der Waals surface area contributed by atoms with Gasteiger partial charge >= 0.3 is 86.2 Å². The molecule has 0 aliphatic rings. The number of hydrogen-bond acceptors (Lipinski definition) is 2. The Kier molecular flexibility index (Phi) is 3.30. The first kappa shape index (κ1) is 9.75. The Morgan fingerprint density at radius 1 is 1.67 bits per heavy atom. The summed E-state index contributed by atoms with van der Waals surface area (Å²) >= 11 is -1.77. The molecule has 1 aromatic rings. The molecule has 0 saturated heterocycles. The molecule has 0 saturated carbocycles. The summed E-state index contributed by atoms with van der Waals surface area (Å²) in [6.07, 6.45) is 0. The van der Waals surface area contributed by atoms with Crippen LogP contribution in [0.4, 0.5) is 0 Å². The molecule has 0 N–H and O–H groups in total. The molecule has 1 heterocycles. The van der Waals surface area contributed by atoms with E-state index in [1.165, 1.54) is 6.07 Å². The fraction of sp³-hybridized carbons (Fsp3) is 0.143. The fourth-order valence-corrected chi connectivity index (χ4v) is 5.74. The van der Waals surface area contributed by atoms with Crippen molar-refractivity contribution in [1.82, 2.24) is 2.33 Å². The summed E-state index contributed by atoms with van der Waals surface area (Å²) in [5.74, 6) is 0. The van der Waals surface area contributed by atoms with Gasteiger partial charge in [-0.05, 0) is 0 Å². The van der Waals surface area contributed by atoms with E-state index in [9.17, 15) is 4.79 Å². The van der Waals surface area contributed by atoms with Crippen LogP contribution in [-0.4, -0.2) is 2.33 Å². The molecule has 0 aliphatic carbocycles. The first-order valence-corrected chi connectivity index (χ1v) is 12.6. The van der Waals surface area contributed by atoms with Crippen LogP contribution in [-0.2, 0) is 23.6 Å². The number of aryl methyl sites for hydroxylation is 1. The second-order valence-corrected chi connectivity index (χ2v) is 7.84. The van der Waals surface area contributed by atoms with Crippen LogP contribution < -0.4 is 5.56 Å². The molecule has 1 rings (SSSR count). The third-order valence-electron chi connectivity index (χ3n) is 1.63. The van der Waals surface area contributed by atoms with Gasteiger partial charge in [0.25, 0.3) is 0 Å². The van der Waals surface area contributed by atoms with Crippen LogP contribution in [0.5, 0.6) is 0 Å². The van der Waals surface area contributed by atoms with E-state index in [4.69, 9.17) is 13.5 Å². The van der Waals surface area contributed by atoms with E-state index < -0.39 is 23.6 Å². The summed E-state index contributed by atoms with van der Waals surface area (Å²) < 4.78 is 1.57. The van der Waals surface area contributed by atoms with Crippen LogP contribution in [0.25, 0.3) is 0 Å². The molecule has 5 heteroatoms. The Bertz CT molecular complexity index is 393. The number of nitriles is 1. The molecule has 0 unspecified atom stereocenters. The van der Waals surface area contributed by atoms with Gasteiger partial charge in [0.2, 0.25) is 0 Å². The Morgan fingerprint density at radius 3 is 2.83 bits per heavy atom. The number of halogens is 1.